The zero-order valence-electron chi connectivity index (χ0n) is 8.97. The van der Waals surface area contributed by atoms with Crippen LogP contribution in [0.15, 0.2) is 0 Å². The van der Waals surface area contributed by atoms with Crippen molar-refractivity contribution in [2.24, 2.45) is 5.73 Å². The van der Waals surface area contributed by atoms with E-state index in [-0.39, 0.29) is 5.54 Å². The van der Waals surface area contributed by atoms with Gasteiger partial charge in [0.1, 0.15) is 0 Å². The van der Waals surface area contributed by atoms with Crippen molar-refractivity contribution >= 4 is 0 Å². The molecule has 0 radical (unpaired) electrons. The van der Waals surface area contributed by atoms with Gasteiger partial charge >= 0.3 is 0 Å². The standard InChI is InChI=1S/C11H23NO/c1-3-11(13,4-2)10(12)8-6-5-7-9-10/h13H,3-9,12H2,1-2H3. The molecular weight excluding hydrogens is 162 g/mol. The molecule has 1 rings (SSSR count). The third-order valence-corrected chi connectivity index (χ3v) is 3.84. The van der Waals surface area contributed by atoms with Crippen molar-refractivity contribution in [2.45, 2.75) is 69.9 Å². The summed E-state index contributed by atoms with van der Waals surface area (Å²) < 4.78 is 0. The van der Waals surface area contributed by atoms with Crippen LogP contribution in [0, 0.1) is 0 Å². The van der Waals surface area contributed by atoms with E-state index in [1.54, 1.807) is 0 Å². The summed E-state index contributed by atoms with van der Waals surface area (Å²) in [7, 11) is 0. The van der Waals surface area contributed by atoms with Crippen LogP contribution >= 0.6 is 0 Å². The van der Waals surface area contributed by atoms with Crippen molar-refractivity contribution in [1.82, 2.24) is 0 Å². The summed E-state index contributed by atoms with van der Waals surface area (Å²) in [6.07, 6.45) is 7.18. The van der Waals surface area contributed by atoms with E-state index < -0.39 is 5.60 Å². The molecule has 2 heteroatoms. The molecule has 0 spiro atoms. The van der Waals surface area contributed by atoms with E-state index in [2.05, 4.69) is 0 Å². The maximum Gasteiger partial charge on any atom is 0.0821 e. The molecule has 13 heavy (non-hydrogen) atoms. The predicted molar refractivity (Wildman–Crippen MR) is 55.5 cm³/mol. The Morgan fingerprint density at radius 1 is 1.15 bits per heavy atom. The topological polar surface area (TPSA) is 46.2 Å². The van der Waals surface area contributed by atoms with Gasteiger partial charge in [-0.3, -0.25) is 0 Å². The van der Waals surface area contributed by atoms with E-state index >= 15 is 0 Å². The van der Waals surface area contributed by atoms with Crippen LogP contribution in [0.1, 0.15) is 58.8 Å². The normalized spacial score (nSPS) is 23.1. The largest absolute Gasteiger partial charge is 0.388 e. The molecule has 0 aromatic heterocycles. The highest BCUT2D eigenvalue weighted by Gasteiger charge is 2.45. The highest BCUT2D eigenvalue weighted by molar-refractivity contribution is 5.03. The smallest absolute Gasteiger partial charge is 0.0821 e. The molecule has 0 aliphatic heterocycles. The first-order chi connectivity index (χ1) is 6.08. The zero-order chi connectivity index (χ0) is 9.95. The van der Waals surface area contributed by atoms with Crippen LogP contribution in [0.3, 0.4) is 0 Å². The molecule has 1 aliphatic rings. The molecule has 0 atom stereocenters. The minimum atomic E-state index is -0.632. The van der Waals surface area contributed by atoms with Gasteiger partial charge in [-0.25, -0.2) is 0 Å². The van der Waals surface area contributed by atoms with Crippen molar-refractivity contribution in [2.75, 3.05) is 0 Å². The molecule has 0 heterocycles. The lowest BCUT2D eigenvalue weighted by Gasteiger charge is -2.46. The Morgan fingerprint density at radius 3 is 2.00 bits per heavy atom. The number of hydrogen-bond acceptors (Lipinski definition) is 2. The number of nitrogens with two attached hydrogens (primary N) is 1. The van der Waals surface area contributed by atoms with Crippen LogP contribution in [0.5, 0.6) is 0 Å². The molecule has 78 valence electrons. The summed E-state index contributed by atoms with van der Waals surface area (Å²) in [5.41, 5.74) is 5.37. The molecule has 3 N–H and O–H groups in total. The lowest BCUT2D eigenvalue weighted by Crippen LogP contribution is -2.60. The highest BCUT2D eigenvalue weighted by Crippen LogP contribution is 2.38. The van der Waals surface area contributed by atoms with Crippen molar-refractivity contribution < 1.29 is 5.11 Å². The molecule has 1 fully saturated rings. The Morgan fingerprint density at radius 2 is 1.62 bits per heavy atom. The van der Waals surface area contributed by atoms with Crippen LogP contribution in [-0.2, 0) is 0 Å². The molecular formula is C11H23NO. The minimum absolute atomic E-state index is 0.311. The average molecular weight is 185 g/mol. The van der Waals surface area contributed by atoms with E-state index in [0.717, 1.165) is 25.7 Å². The maximum atomic E-state index is 10.4. The van der Waals surface area contributed by atoms with E-state index in [1.165, 1.54) is 19.3 Å². The highest BCUT2D eigenvalue weighted by atomic mass is 16.3. The van der Waals surface area contributed by atoms with Crippen LogP contribution < -0.4 is 5.73 Å². The monoisotopic (exact) mass is 185 g/mol. The van der Waals surface area contributed by atoms with Crippen LogP contribution in [-0.4, -0.2) is 16.2 Å². The first kappa shape index (κ1) is 11.0. The first-order valence-electron chi connectivity index (χ1n) is 5.59. The first-order valence-corrected chi connectivity index (χ1v) is 5.59. The van der Waals surface area contributed by atoms with E-state index in [4.69, 9.17) is 5.73 Å². The molecule has 0 bridgehead atoms. The SMILES string of the molecule is CCC(O)(CC)C1(N)CCCCC1. The summed E-state index contributed by atoms with van der Waals surface area (Å²) >= 11 is 0. The fraction of sp³-hybridized carbons (Fsp3) is 1.00. The Balaban J connectivity index is 2.74. The number of rotatable bonds is 3. The van der Waals surface area contributed by atoms with Crippen molar-refractivity contribution in [3.8, 4) is 0 Å². The fourth-order valence-electron chi connectivity index (χ4n) is 2.60. The Labute approximate surface area is 81.5 Å². The van der Waals surface area contributed by atoms with Crippen molar-refractivity contribution in [1.29, 1.82) is 0 Å². The molecule has 2 nitrogen and oxygen atoms in total. The summed E-state index contributed by atoms with van der Waals surface area (Å²) in [4.78, 5) is 0. The quantitative estimate of drug-likeness (QED) is 0.708. The summed E-state index contributed by atoms with van der Waals surface area (Å²) in [5, 5.41) is 10.4. The fourth-order valence-corrected chi connectivity index (χ4v) is 2.60. The van der Waals surface area contributed by atoms with Crippen LogP contribution in [0.4, 0.5) is 0 Å². The van der Waals surface area contributed by atoms with Gasteiger partial charge in [0.2, 0.25) is 0 Å². The van der Waals surface area contributed by atoms with E-state index in [9.17, 15) is 5.11 Å². The molecule has 0 unspecified atom stereocenters. The summed E-state index contributed by atoms with van der Waals surface area (Å²) in [6, 6.07) is 0. The van der Waals surface area contributed by atoms with E-state index in [1.807, 2.05) is 13.8 Å². The average Bonchev–Trinajstić information content (AvgIpc) is 2.17. The second kappa shape index (κ2) is 3.97. The van der Waals surface area contributed by atoms with Crippen LogP contribution in [0.25, 0.3) is 0 Å². The molecule has 1 aliphatic carbocycles. The van der Waals surface area contributed by atoms with Crippen molar-refractivity contribution in [3.05, 3.63) is 0 Å². The van der Waals surface area contributed by atoms with Crippen molar-refractivity contribution in [3.63, 3.8) is 0 Å². The lowest BCUT2D eigenvalue weighted by atomic mass is 9.68. The van der Waals surface area contributed by atoms with Gasteiger partial charge in [-0.1, -0.05) is 33.1 Å². The number of aliphatic hydroxyl groups is 1. The number of hydrogen-bond donors (Lipinski definition) is 2. The van der Waals surface area contributed by atoms with Gasteiger partial charge in [0, 0.05) is 5.54 Å². The molecule has 0 aromatic rings. The Kier molecular flexibility index (Phi) is 3.36. The second-order valence-corrected chi connectivity index (χ2v) is 4.46. The molecule has 0 amide bonds. The van der Waals surface area contributed by atoms with Crippen LogP contribution in [0.2, 0.25) is 0 Å². The maximum absolute atomic E-state index is 10.4. The third-order valence-electron chi connectivity index (χ3n) is 3.84. The molecule has 1 saturated carbocycles. The van der Waals surface area contributed by atoms with Gasteiger partial charge in [0.05, 0.1) is 5.60 Å². The summed E-state index contributed by atoms with van der Waals surface area (Å²) in [5.74, 6) is 0. The second-order valence-electron chi connectivity index (χ2n) is 4.46. The predicted octanol–water partition coefficient (Wildman–Crippen LogP) is 2.20. The molecule has 0 saturated heterocycles. The summed E-state index contributed by atoms with van der Waals surface area (Å²) in [6.45, 7) is 4.07. The lowest BCUT2D eigenvalue weighted by molar-refractivity contribution is -0.0576. The van der Waals surface area contributed by atoms with Gasteiger partial charge in [0.15, 0.2) is 0 Å². The molecule has 0 aromatic carbocycles. The Hall–Kier alpha value is -0.0800. The zero-order valence-corrected chi connectivity index (χ0v) is 8.97. The van der Waals surface area contributed by atoms with Gasteiger partial charge in [-0.15, -0.1) is 0 Å². The third kappa shape index (κ3) is 1.89. The van der Waals surface area contributed by atoms with E-state index in [0.29, 0.717) is 0 Å². The Bertz CT molecular complexity index is 157. The van der Waals surface area contributed by atoms with Gasteiger partial charge in [-0.05, 0) is 25.7 Å². The minimum Gasteiger partial charge on any atom is -0.388 e. The van der Waals surface area contributed by atoms with Gasteiger partial charge < -0.3 is 10.8 Å². The van der Waals surface area contributed by atoms with Gasteiger partial charge in [0.25, 0.3) is 0 Å². The van der Waals surface area contributed by atoms with Gasteiger partial charge in [-0.2, -0.15) is 0 Å².